The van der Waals surface area contributed by atoms with Gasteiger partial charge in [-0.25, -0.2) is 9.78 Å². The van der Waals surface area contributed by atoms with Crippen LogP contribution in [0.1, 0.15) is 53.6 Å². The number of carboxylic acid groups (broad SMARTS) is 1. The van der Waals surface area contributed by atoms with Gasteiger partial charge in [0.1, 0.15) is 5.76 Å². The number of rotatable bonds is 7. The Bertz CT molecular complexity index is 1060. The minimum Gasteiger partial charge on any atom is -0.478 e. The van der Waals surface area contributed by atoms with E-state index in [1.54, 1.807) is 6.08 Å². The smallest absolute Gasteiger partial charge is 0.328 e. The molecule has 0 bridgehead atoms. The molecule has 1 aromatic heterocycles. The average molecular weight is 437 g/mol. The van der Waals surface area contributed by atoms with Crippen LogP contribution in [0.4, 0.5) is 0 Å². The van der Waals surface area contributed by atoms with Crippen molar-refractivity contribution in [2.24, 2.45) is 0 Å². The summed E-state index contributed by atoms with van der Waals surface area (Å²) in [6.07, 6.45) is 8.59. The Balaban J connectivity index is 1.44. The van der Waals surface area contributed by atoms with E-state index < -0.39 is 5.97 Å². The third kappa shape index (κ3) is 5.84. The number of carboxylic acids is 1. The Morgan fingerprint density at radius 2 is 2.03 bits per heavy atom. The second-order valence-electron chi connectivity index (χ2n) is 7.87. The Hall–Kier alpha value is -2.89. The monoisotopic (exact) mass is 436 g/mol. The molecule has 1 N–H and O–H groups in total. The Labute approximate surface area is 187 Å². The molecule has 31 heavy (non-hydrogen) atoms. The number of hydrogen-bond acceptors (Lipinski definition) is 4. The molecule has 160 valence electrons. The van der Waals surface area contributed by atoms with Gasteiger partial charge >= 0.3 is 5.97 Å². The van der Waals surface area contributed by atoms with Crippen LogP contribution < -0.4 is 0 Å². The summed E-state index contributed by atoms with van der Waals surface area (Å²) in [4.78, 5) is 17.7. The summed E-state index contributed by atoms with van der Waals surface area (Å²) in [7, 11) is 0. The first-order valence-electron chi connectivity index (χ1n) is 10.5. The van der Waals surface area contributed by atoms with Gasteiger partial charge in [-0.2, -0.15) is 0 Å². The molecule has 3 aromatic rings. The van der Waals surface area contributed by atoms with Crippen molar-refractivity contribution in [3.05, 3.63) is 94.2 Å². The number of hydrogen-bond donors (Lipinski definition) is 1. The third-order valence-corrected chi connectivity index (χ3v) is 5.76. The number of likely N-dealkylation sites (tertiary alicyclic amines) is 1. The molecule has 1 fully saturated rings. The summed E-state index contributed by atoms with van der Waals surface area (Å²) in [6, 6.07) is 16.0. The number of benzene rings is 2. The molecule has 0 radical (unpaired) electrons. The lowest BCUT2D eigenvalue weighted by Crippen LogP contribution is -2.33. The zero-order valence-electron chi connectivity index (χ0n) is 17.2. The molecular weight excluding hydrogens is 412 g/mol. The fourth-order valence-corrected chi connectivity index (χ4v) is 4.22. The van der Waals surface area contributed by atoms with Gasteiger partial charge in [0.2, 0.25) is 5.89 Å². The average Bonchev–Trinajstić information content (AvgIpc) is 3.22. The van der Waals surface area contributed by atoms with Gasteiger partial charge in [0.05, 0.1) is 12.2 Å². The molecule has 6 heteroatoms. The van der Waals surface area contributed by atoms with Crippen LogP contribution >= 0.6 is 11.6 Å². The number of aliphatic carboxylic acids is 1. The van der Waals surface area contributed by atoms with Crippen molar-refractivity contribution in [1.29, 1.82) is 0 Å². The van der Waals surface area contributed by atoms with Crippen molar-refractivity contribution in [3.63, 3.8) is 0 Å². The van der Waals surface area contributed by atoms with Gasteiger partial charge < -0.3 is 9.52 Å². The highest BCUT2D eigenvalue weighted by Gasteiger charge is 2.28. The third-order valence-electron chi connectivity index (χ3n) is 5.52. The topological polar surface area (TPSA) is 66.6 Å². The van der Waals surface area contributed by atoms with Gasteiger partial charge in [0, 0.05) is 24.1 Å². The number of nitrogens with zero attached hydrogens (tertiary/aromatic N) is 2. The standard InChI is InChI=1S/C25H25ClN2O3/c26-21-5-3-4-20(14-21)15-22-16-27-25(31-22)23-6-1-2-13-28(23)17-19-9-7-18(8-10-19)11-12-24(29)30/h3-5,7-12,14,16,23H,1-2,6,13,15,17H2,(H,29,30)/b12-11+. The molecule has 0 aliphatic carbocycles. The molecule has 0 amide bonds. The highest BCUT2D eigenvalue weighted by atomic mass is 35.5. The SMILES string of the molecule is O=C(O)/C=C/c1ccc(CN2CCCCC2c2ncc(Cc3cccc(Cl)c3)o2)cc1. The van der Waals surface area contributed by atoms with Crippen LogP contribution in [-0.2, 0) is 17.8 Å². The van der Waals surface area contributed by atoms with E-state index in [1.165, 1.54) is 5.56 Å². The number of oxazole rings is 1. The molecular formula is C25H25ClN2O3. The molecule has 5 nitrogen and oxygen atoms in total. The van der Waals surface area contributed by atoms with E-state index in [0.717, 1.165) is 66.2 Å². The maximum atomic E-state index is 10.7. The molecule has 4 rings (SSSR count). The van der Waals surface area contributed by atoms with E-state index in [0.29, 0.717) is 6.42 Å². The molecule has 2 aromatic carbocycles. The number of piperidine rings is 1. The van der Waals surface area contributed by atoms with Crippen LogP contribution in [0.5, 0.6) is 0 Å². The molecule has 1 atom stereocenters. The van der Waals surface area contributed by atoms with Gasteiger partial charge in [-0.05, 0) is 54.3 Å². The highest BCUT2D eigenvalue weighted by molar-refractivity contribution is 6.30. The number of halogens is 1. The first-order valence-corrected chi connectivity index (χ1v) is 10.9. The van der Waals surface area contributed by atoms with Crippen molar-refractivity contribution < 1.29 is 14.3 Å². The van der Waals surface area contributed by atoms with E-state index in [1.807, 2.05) is 54.7 Å². The van der Waals surface area contributed by atoms with Gasteiger partial charge in [0.15, 0.2) is 0 Å². The second kappa shape index (κ2) is 9.94. The molecule has 1 aliphatic rings. The molecule has 0 spiro atoms. The van der Waals surface area contributed by atoms with E-state index >= 15 is 0 Å². The van der Waals surface area contributed by atoms with Gasteiger partial charge in [0.25, 0.3) is 0 Å². The van der Waals surface area contributed by atoms with E-state index in [9.17, 15) is 4.79 Å². The van der Waals surface area contributed by atoms with Gasteiger partial charge in [-0.15, -0.1) is 0 Å². The van der Waals surface area contributed by atoms with Crippen molar-refractivity contribution in [1.82, 2.24) is 9.88 Å². The van der Waals surface area contributed by atoms with Crippen molar-refractivity contribution in [2.75, 3.05) is 6.54 Å². The largest absolute Gasteiger partial charge is 0.478 e. The Morgan fingerprint density at radius 1 is 1.19 bits per heavy atom. The summed E-state index contributed by atoms with van der Waals surface area (Å²) in [5, 5.41) is 9.49. The summed E-state index contributed by atoms with van der Waals surface area (Å²) < 4.78 is 6.15. The molecule has 1 saturated heterocycles. The van der Waals surface area contributed by atoms with Crippen molar-refractivity contribution in [2.45, 2.75) is 38.3 Å². The Kier molecular flexibility index (Phi) is 6.85. The van der Waals surface area contributed by atoms with E-state index in [2.05, 4.69) is 9.88 Å². The number of aromatic nitrogens is 1. The van der Waals surface area contributed by atoms with Crippen LogP contribution in [0.25, 0.3) is 6.08 Å². The Morgan fingerprint density at radius 3 is 2.81 bits per heavy atom. The first kappa shape index (κ1) is 21.3. The molecule has 1 unspecified atom stereocenters. The zero-order valence-corrected chi connectivity index (χ0v) is 18.0. The summed E-state index contributed by atoms with van der Waals surface area (Å²) in [6.45, 7) is 1.80. The van der Waals surface area contributed by atoms with E-state index in [-0.39, 0.29) is 6.04 Å². The van der Waals surface area contributed by atoms with Crippen LogP contribution in [0, 0.1) is 0 Å². The first-order chi connectivity index (χ1) is 15.1. The maximum Gasteiger partial charge on any atom is 0.328 e. The quantitative estimate of drug-likeness (QED) is 0.478. The second-order valence-corrected chi connectivity index (χ2v) is 8.30. The summed E-state index contributed by atoms with van der Waals surface area (Å²) in [5.74, 6) is 0.677. The molecule has 0 saturated carbocycles. The van der Waals surface area contributed by atoms with Gasteiger partial charge in [-0.3, -0.25) is 4.90 Å². The van der Waals surface area contributed by atoms with Crippen molar-refractivity contribution >= 4 is 23.6 Å². The van der Waals surface area contributed by atoms with Crippen molar-refractivity contribution in [3.8, 4) is 0 Å². The maximum absolute atomic E-state index is 10.7. The lowest BCUT2D eigenvalue weighted by atomic mass is 10.0. The minimum absolute atomic E-state index is 0.161. The fourth-order valence-electron chi connectivity index (χ4n) is 4.00. The predicted molar refractivity (Wildman–Crippen MR) is 121 cm³/mol. The normalized spacial score (nSPS) is 17.3. The zero-order chi connectivity index (χ0) is 21.6. The van der Waals surface area contributed by atoms with Crippen LogP contribution in [-0.4, -0.2) is 27.5 Å². The predicted octanol–water partition coefficient (Wildman–Crippen LogP) is 5.74. The lowest BCUT2D eigenvalue weighted by molar-refractivity contribution is -0.131. The molecule has 2 heterocycles. The molecule has 1 aliphatic heterocycles. The number of carbonyl (C=O) groups is 1. The summed E-state index contributed by atoms with van der Waals surface area (Å²) >= 11 is 6.09. The minimum atomic E-state index is -0.944. The van der Waals surface area contributed by atoms with E-state index in [4.69, 9.17) is 21.1 Å². The highest BCUT2D eigenvalue weighted by Crippen LogP contribution is 2.32. The van der Waals surface area contributed by atoms with Crippen LogP contribution in [0.2, 0.25) is 5.02 Å². The van der Waals surface area contributed by atoms with Gasteiger partial charge in [-0.1, -0.05) is 54.4 Å². The fraction of sp³-hybridized carbons (Fsp3) is 0.280. The van der Waals surface area contributed by atoms with Crippen LogP contribution in [0.3, 0.4) is 0 Å². The lowest BCUT2D eigenvalue weighted by Gasteiger charge is -2.33. The van der Waals surface area contributed by atoms with Crippen LogP contribution in [0.15, 0.2) is 65.2 Å². The summed E-state index contributed by atoms with van der Waals surface area (Å²) in [5.41, 5.74) is 3.16.